The summed E-state index contributed by atoms with van der Waals surface area (Å²) in [5.74, 6) is 6.00. The minimum Gasteiger partial charge on any atom is -0.292 e. The zero-order valence-electron chi connectivity index (χ0n) is 6.00. The number of aromatic nitrogens is 3. The van der Waals surface area contributed by atoms with E-state index in [1.807, 2.05) is 6.92 Å². The van der Waals surface area contributed by atoms with Crippen LogP contribution in [0.1, 0.15) is 12.7 Å². The topological polar surface area (TPSA) is 76.7 Å². The van der Waals surface area contributed by atoms with Crippen molar-refractivity contribution in [1.82, 2.24) is 15.0 Å². The SMILES string of the molecule is CCc1nc(Cl)nc(NN)n1. The third kappa shape index (κ3) is 1.99. The zero-order valence-corrected chi connectivity index (χ0v) is 6.76. The smallest absolute Gasteiger partial charge is 0.241 e. The highest BCUT2D eigenvalue weighted by Gasteiger charge is 2.00. The molecule has 0 saturated heterocycles. The summed E-state index contributed by atoms with van der Waals surface area (Å²) in [5.41, 5.74) is 2.30. The van der Waals surface area contributed by atoms with Crippen LogP contribution < -0.4 is 11.3 Å². The fourth-order valence-electron chi connectivity index (χ4n) is 0.614. The maximum atomic E-state index is 5.55. The highest BCUT2D eigenvalue weighted by molar-refractivity contribution is 6.28. The predicted octanol–water partition coefficient (Wildman–Crippen LogP) is 0.373. The van der Waals surface area contributed by atoms with Crippen LogP contribution in [0.2, 0.25) is 5.28 Å². The van der Waals surface area contributed by atoms with Gasteiger partial charge < -0.3 is 0 Å². The van der Waals surface area contributed by atoms with Gasteiger partial charge in [-0.25, -0.2) is 10.8 Å². The van der Waals surface area contributed by atoms with Gasteiger partial charge in [0.25, 0.3) is 0 Å². The lowest BCUT2D eigenvalue weighted by Crippen LogP contribution is -2.12. The molecule has 0 aromatic carbocycles. The summed E-state index contributed by atoms with van der Waals surface area (Å²) < 4.78 is 0. The zero-order chi connectivity index (χ0) is 8.27. The van der Waals surface area contributed by atoms with Crippen molar-refractivity contribution in [1.29, 1.82) is 0 Å². The van der Waals surface area contributed by atoms with Crippen LogP contribution in [0.5, 0.6) is 0 Å². The van der Waals surface area contributed by atoms with Crippen molar-refractivity contribution in [3.63, 3.8) is 0 Å². The van der Waals surface area contributed by atoms with E-state index < -0.39 is 0 Å². The number of nitrogens with one attached hydrogen (secondary N) is 1. The lowest BCUT2D eigenvalue weighted by molar-refractivity contribution is 0.897. The third-order valence-electron chi connectivity index (χ3n) is 1.10. The fraction of sp³-hybridized carbons (Fsp3) is 0.400. The molecule has 0 aliphatic rings. The Balaban J connectivity index is 3.02. The first-order valence-electron chi connectivity index (χ1n) is 3.13. The molecule has 0 spiro atoms. The second-order valence-electron chi connectivity index (χ2n) is 1.84. The Morgan fingerprint density at radius 2 is 2.18 bits per heavy atom. The number of hydrogen-bond acceptors (Lipinski definition) is 5. The molecule has 0 amide bonds. The van der Waals surface area contributed by atoms with Gasteiger partial charge in [-0.3, -0.25) is 5.43 Å². The average Bonchev–Trinajstić information content (AvgIpc) is 2.03. The van der Waals surface area contributed by atoms with Gasteiger partial charge >= 0.3 is 0 Å². The van der Waals surface area contributed by atoms with Crippen LogP contribution in [-0.4, -0.2) is 15.0 Å². The number of aryl methyl sites for hydroxylation is 1. The van der Waals surface area contributed by atoms with Crippen molar-refractivity contribution in [2.45, 2.75) is 13.3 Å². The molecule has 1 aromatic rings. The van der Waals surface area contributed by atoms with Gasteiger partial charge in [0.15, 0.2) is 0 Å². The van der Waals surface area contributed by atoms with Crippen LogP contribution in [0.15, 0.2) is 0 Å². The Morgan fingerprint density at radius 1 is 1.45 bits per heavy atom. The Hall–Kier alpha value is -0.940. The minimum absolute atomic E-state index is 0.157. The van der Waals surface area contributed by atoms with E-state index in [-0.39, 0.29) is 5.28 Å². The van der Waals surface area contributed by atoms with Gasteiger partial charge in [0.1, 0.15) is 5.82 Å². The maximum absolute atomic E-state index is 5.55. The summed E-state index contributed by atoms with van der Waals surface area (Å²) in [7, 11) is 0. The van der Waals surface area contributed by atoms with Crippen molar-refractivity contribution in [3.05, 3.63) is 11.1 Å². The van der Waals surface area contributed by atoms with E-state index in [2.05, 4.69) is 20.4 Å². The molecule has 1 aromatic heterocycles. The van der Waals surface area contributed by atoms with E-state index in [1.165, 1.54) is 0 Å². The monoisotopic (exact) mass is 173 g/mol. The van der Waals surface area contributed by atoms with Crippen molar-refractivity contribution in [3.8, 4) is 0 Å². The summed E-state index contributed by atoms with van der Waals surface area (Å²) in [6.45, 7) is 1.92. The van der Waals surface area contributed by atoms with Crippen molar-refractivity contribution >= 4 is 17.5 Å². The van der Waals surface area contributed by atoms with E-state index in [0.717, 1.165) is 0 Å². The quantitative estimate of drug-likeness (QED) is 0.499. The Kier molecular flexibility index (Phi) is 2.56. The third-order valence-corrected chi connectivity index (χ3v) is 1.27. The Morgan fingerprint density at radius 3 is 2.73 bits per heavy atom. The van der Waals surface area contributed by atoms with Crippen LogP contribution in [0.4, 0.5) is 5.95 Å². The second kappa shape index (κ2) is 3.45. The number of hydrazine groups is 1. The number of nitrogens with two attached hydrogens (primary N) is 1. The van der Waals surface area contributed by atoms with E-state index in [0.29, 0.717) is 18.2 Å². The number of rotatable bonds is 2. The molecule has 0 aliphatic carbocycles. The lowest BCUT2D eigenvalue weighted by atomic mass is 10.5. The van der Waals surface area contributed by atoms with Gasteiger partial charge in [-0.1, -0.05) is 6.92 Å². The summed E-state index contributed by atoms with van der Waals surface area (Å²) in [6.07, 6.45) is 0.705. The van der Waals surface area contributed by atoms with Crippen LogP contribution >= 0.6 is 11.6 Å². The molecule has 0 saturated carbocycles. The lowest BCUT2D eigenvalue weighted by Gasteiger charge is -1.99. The van der Waals surface area contributed by atoms with Crippen molar-refractivity contribution in [2.75, 3.05) is 5.43 Å². The van der Waals surface area contributed by atoms with Gasteiger partial charge in [0.2, 0.25) is 11.2 Å². The largest absolute Gasteiger partial charge is 0.292 e. The normalized spacial score (nSPS) is 9.73. The molecule has 5 nitrogen and oxygen atoms in total. The molecular formula is C5H8ClN5. The van der Waals surface area contributed by atoms with E-state index in [4.69, 9.17) is 17.4 Å². The molecule has 1 heterocycles. The molecule has 0 aliphatic heterocycles. The van der Waals surface area contributed by atoms with Crippen LogP contribution in [0, 0.1) is 0 Å². The molecule has 0 fully saturated rings. The van der Waals surface area contributed by atoms with Crippen molar-refractivity contribution < 1.29 is 0 Å². The van der Waals surface area contributed by atoms with Gasteiger partial charge in [0.05, 0.1) is 0 Å². The van der Waals surface area contributed by atoms with Gasteiger partial charge in [-0.15, -0.1) is 0 Å². The van der Waals surface area contributed by atoms with Gasteiger partial charge in [0, 0.05) is 6.42 Å². The fourth-order valence-corrected chi connectivity index (χ4v) is 0.791. The first kappa shape index (κ1) is 8.16. The Labute approximate surface area is 69.0 Å². The molecule has 0 bridgehead atoms. The number of nitrogens with zero attached hydrogens (tertiary/aromatic N) is 3. The number of hydrogen-bond donors (Lipinski definition) is 2. The number of nitrogen functional groups attached to an aromatic ring is 1. The molecule has 3 N–H and O–H groups in total. The molecule has 60 valence electrons. The standard InChI is InChI=1S/C5H8ClN5/c1-2-3-8-4(6)10-5(9-3)11-7/h2,7H2,1H3,(H,8,9,10,11). The predicted molar refractivity (Wildman–Crippen MR) is 42.0 cm³/mol. The molecule has 1 rings (SSSR count). The average molecular weight is 174 g/mol. The molecule has 0 atom stereocenters. The van der Waals surface area contributed by atoms with Crippen LogP contribution in [0.3, 0.4) is 0 Å². The molecule has 0 radical (unpaired) electrons. The van der Waals surface area contributed by atoms with Crippen LogP contribution in [-0.2, 0) is 6.42 Å². The minimum atomic E-state index is 0.157. The van der Waals surface area contributed by atoms with E-state index in [1.54, 1.807) is 0 Å². The van der Waals surface area contributed by atoms with E-state index in [9.17, 15) is 0 Å². The molecule has 0 unspecified atom stereocenters. The van der Waals surface area contributed by atoms with Gasteiger partial charge in [-0.2, -0.15) is 9.97 Å². The summed E-state index contributed by atoms with van der Waals surface area (Å²) >= 11 is 5.55. The Bertz CT molecular complexity index is 228. The summed E-state index contributed by atoms with van der Waals surface area (Å²) in [6, 6.07) is 0. The first-order valence-corrected chi connectivity index (χ1v) is 3.51. The van der Waals surface area contributed by atoms with Crippen molar-refractivity contribution in [2.24, 2.45) is 5.84 Å². The summed E-state index contributed by atoms with van der Waals surface area (Å²) in [4.78, 5) is 11.5. The number of anilines is 1. The van der Waals surface area contributed by atoms with E-state index >= 15 is 0 Å². The highest BCUT2D eigenvalue weighted by atomic mass is 35.5. The summed E-state index contributed by atoms with van der Waals surface area (Å²) in [5, 5.41) is 0.157. The first-order chi connectivity index (χ1) is 5.26. The molecular weight excluding hydrogens is 166 g/mol. The molecule has 6 heteroatoms. The molecule has 11 heavy (non-hydrogen) atoms. The second-order valence-corrected chi connectivity index (χ2v) is 2.18. The van der Waals surface area contributed by atoms with Crippen LogP contribution in [0.25, 0.3) is 0 Å². The maximum Gasteiger partial charge on any atom is 0.241 e. The highest BCUT2D eigenvalue weighted by Crippen LogP contribution is 2.04. The van der Waals surface area contributed by atoms with Gasteiger partial charge in [-0.05, 0) is 11.6 Å². The number of halogens is 1.